The molecule has 2 N–H and O–H groups in total. The number of amides is 2. The maximum atomic E-state index is 12.7. The summed E-state index contributed by atoms with van der Waals surface area (Å²) < 4.78 is 1.67. The largest absolute Gasteiger partial charge is 0.349 e. The highest BCUT2D eigenvalue weighted by atomic mass is 16.2. The Kier molecular flexibility index (Phi) is 5.72. The first-order valence-electron chi connectivity index (χ1n) is 11.4. The highest BCUT2D eigenvalue weighted by Crippen LogP contribution is 2.22. The highest BCUT2D eigenvalue weighted by Gasteiger charge is 2.22. The quantitative estimate of drug-likeness (QED) is 0.465. The lowest BCUT2D eigenvalue weighted by molar-refractivity contribution is 0.0937. The summed E-state index contributed by atoms with van der Waals surface area (Å²) in [4.78, 5) is 25.4. The molecule has 0 bridgehead atoms. The summed E-state index contributed by atoms with van der Waals surface area (Å²) in [5, 5.41) is 10.4. The second-order valence-corrected chi connectivity index (χ2v) is 8.84. The van der Waals surface area contributed by atoms with Crippen LogP contribution in [0.1, 0.15) is 43.0 Å². The van der Waals surface area contributed by atoms with Gasteiger partial charge in [-0.2, -0.15) is 5.10 Å². The summed E-state index contributed by atoms with van der Waals surface area (Å²) in [6, 6.07) is 21.5. The molecular weight excluding hydrogens is 424 g/mol. The van der Waals surface area contributed by atoms with Crippen molar-refractivity contribution in [1.29, 1.82) is 0 Å². The van der Waals surface area contributed by atoms with Crippen molar-refractivity contribution in [1.82, 2.24) is 15.1 Å². The zero-order valence-corrected chi connectivity index (χ0v) is 19.2. The van der Waals surface area contributed by atoms with E-state index in [1.165, 1.54) is 11.1 Å². The molecule has 0 aliphatic heterocycles. The van der Waals surface area contributed by atoms with Crippen LogP contribution in [0.2, 0.25) is 0 Å². The standard InChI is InChI=1S/C28H26N4O2/c1-18-7-12-26(19(2)13-18)28(34)31-24-16-29-32(17-24)25-10-8-20(9-11-25)27(33)30-23-14-21-5-3-4-6-22(21)15-23/h3-13,16-17,23H,14-15H2,1-2H3,(H,30,33)(H,31,34). The van der Waals surface area contributed by atoms with E-state index in [-0.39, 0.29) is 17.9 Å². The van der Waals surface area contributed by atoms with Crippen LogP contribution >= 0.6 is 0 Å². The number of fused-ring (bicyclic) bond motifs is 1. The SMILES string of the molecule is Cc1ccc(C(=O)Nc2cnn(-c3ccc(C(=O)NC4Cc5ccccc5C4)cc3)c2)c(C)c1. The van der Waals surface area contributed by atoms with Gasteiger partial charge in [-0.15, -0.1) is 0 Å². The van der Waals surface area contributed by atoms with E-state index < -0.39 is 0 Å². The predicted octanol–water partition coefficient (Wildman–Crippen LogP) is 4.64. The van der Waals surface area contributed by atoms with Gasteiger partial charge < -0.3 is 10.6 Å². The van der Waals surface area contributed by atoms with Crippen LogP contribution in [-0.2, 0) is 12.8 Å². The van der Waals surface area contributed by atoms with Crippen LogP contribution in [0.4, 0.5) is 5.69 Å². The lowest BCUT2D eigenvalue weighted by atomic mass is 10.1. The average Bonchev–Trinajstić information content (AvgIpc) is 3.45. The molecular formula is C28H26N4O2. The molecule has 5 rings (SSSR count). The zero-order valence-electron chi connectivity index (χ0n) is 19.2. The second kappa shape index (κ2) is 8.98. The van der Waals surface area contributed by atoms with Gasteiger partial charge in [0, 0.05) is 17.2 Å². The van der Waals surface area contributed by atoms with E-state index in [0.717, 1.165) is 29.7 Å². The Morgan fingerprint density at radius 3 is 2.29 bits per heavy atom. The van der Waals surface area contributed by atoms with Gasteiger partial charge in [-0.3, -0.25) is 9.59 Å². The Labute approximate surface area is 198 Å². The Morgan fingerprint density at radius 1 is 0.912 bits per heavy atom. The fourth-order valence-corrected chi connectivity index (χ4v) is 4.49. The third-order valence-corrected chi connectivity index (χ3v) is 6.25. The van der Waals surface area contributed by atoms with Crippen molar-refractivity contribution < 1.29 is 9.59 Å². The van der Waals surface area contributed by atoms with E-state index in [4.69, 9.17) is 0 Å². The minimum absolute atomic E-state index is 0.0776. The lowest BCUT2D eigenvalue weighted by Gasteiger charge is -2.12. The molecule has 0 atom stereocenters. The Bertz CT molecular complexity index is 1350. The Balaban J connectivity index is 1.22. The molecule has 4 aromatic rings. The Hall–Kier alpha value is -4.19. The van der Waals surface area contributed by atoms with E-state index in [1.54, 1.807) is 29.2 Å². The van der Waals surface area contributed by atoms with Crippen molar-refractivity contribution in [3.63, 3.8) is 0 Å². The molecule has 6 heteroatoms. The maximum Gasteiger partial charge on any atom is 0.256 e. The number of nitrogens with zero attached hydrogens (tertiary/aromatic N) is 2. The van der Waals surface area contributed by atoms with Crippen molar-refractivity contribution in [2.75, 3.05) is 5.32 Å². The minimum Gasteiger partial charge on any atom is -0.349 e. The van der Waals surface area contributed by atoms with Crippen LogP contribution in [0.3, 0.4) is 0 Å². The van der Waals surface area contributed by atoms with E-state index in [9.17, 15) is 9.59 Å². The molecule has 0 fully saturated rings. The van der Waals surface area contributed by atoms with Crippen LogP contribution in [0.15, 0.2) is 79.1 Å². The third-order valence-electron chi connectivity index (χ3n) is 6.25. The number of aryl methyl sites for hydroxylation is 2. The summed E-state index contributed by atoms with van der Waals surface area (Å²) in [7, 11) is 0. The number of carbonyl (C=O) groups is 2. The summed E-state index contributed by atoms with van der Waals surface area (Å²) in [6.07, 6.45) is 5.10. The van der Waals surface area contributed by atoms with Crippen LogP contribution in [0.25, 0.3) is 5.69 Å². The number of hydrogen-bond acceptors (Lipinski definition) is 3. The van der Waals surface area contributed by atoms with Gasteiger partial charge in [0.25, 0.3) is 11.8 Å². The molecule has 3 aromatic carbocycles. The molecule has 0 saturated carbocycles. The number of nitrogens with one attached hydrogen (secondary N) is 2. The van der Waals surface area contributed by atoms with Crippen molar-refractivity contribution in [3.8, 4) is 5.69 Å². The first kappa shape index (κ1) is 21.6. The molecule has 0 saturated heterocycles. The smallest absolute Gasteiger partial charge is 0.256 e. The topological polar surface area (TPSA) is 76.0 Å². The maximum absolute atomic E-state index is 12.7. The van der Waals surface area contributed by atoms with E-state index in [0.29, 0.717) is 16.8 Å². The van der Waals surface area contributed by atoms with E-state index >= 15 is 0 Å². The van der Waals surface area contributed by atoms with Gasteiger partial charge in [0.2, 0.25) is 0 Å². The van der Waals surface area contributed by atoms with Crippen LogP contribution in [0.5, 0.6) is 0 Å². The number of aromatic nitrogens is 2. The van der Waals surface area contributed by atoms with Crippen molar-refractivity contribution in [2.24, 2.45) is 0 Å². The van der Waals surface area contributed by atoms with Gasteiger partial charge in [0.15, 0.2) is 0 Å². The third kappa shape index (κ3) is 4.48. The minimum atomic E-state index is -0.168. The summed E-state index contributed by atoms with van der Waals surface area (Å²) >= 11 is 0. The normalized spacial score (nSPS) is 12.9. The van der Waals surface area contributed by atoms with Crippen molar-refractivity contribution in [2.45, 2.75) is 32.7 Å². The summed E-state index contributed by atoms with van der Waals surface area (Å²) in [6.45, 7) is 3.93. The van der Waals surface area contributed by atoms with Crippen LogP contribution < -0.4 is 10.6 Å². The molecule has 0 radical (unpaired) electrons. The molecule has 1 heterocycles. The Morgan fingerprint density at radius 2 is 1.62 bits per heavy atom. The van der Waals surface area contributed by atoms with Crippen LogP contribution in [0, 0.1) is 13.8 Å². The number of hydrogen-bond donors (Lipinski definition) is 2. The molecule has 34 heavy (non-hydrogen) atoms. The van der Waals surface area contributed by atoms with Crippen LogP contribution in [-0.4, -0.2) is 27.6 Å². The second-order valence-electron chi connectivity index (χ2n) is 8.84. The molecule has 0 unspecified atom stereocenters. The van der Waals surface area contributed by atoms with E-state index in [2.05, 4.69) is 27.9 Å². The summed E-state index contributed by atoms with van der Waals surface area (Å²) in [5.74, 6) is -0.246. The molecule has 1 aliphatic rings. The lowest BCUT2D eigenvalue weighted by Crippen LogP contribution is -2.35. The molecule has 1 aliphatic carbocycles. The molecule has 2 amide bonds. The molecule has 6 nitrogen and oxygen atoms in total. The van der Waals surface area contributed by atoms with Crippen molar-refractivity contribution >= 4 is 17.5 Å². The molecule has 0 spiro atoms. The first-order chi connectivity index (χ1) is 16.5. The number of benzene rings is 3. The van der Waals surface area contributed by atoms with Gasteiger partial charge in [-0.1, -0.05) is 42.0 Å². The van der Waals surface area contributed by atoms with Gasteiger partial charge in [0.05, 0.1) is 23.8 Å². The van der Waals surface area contributed by atoms with Gasteiger partial charge in [0.1, 0.15) is 0 Å². The average molecular weight is 451 g/mol. The molecule has 170 valence electrons. The molecule has 1 aromatic heterocycles. The monoisotopic (exact) mass is 450 g/mol. The van der Waals surface area contributed by atoms with Crippen molar-refractivity contribution in [3.05, 3.63) is 113 Å². The number of anilines is 1. The zero-order chi connectivity index (χ0) is 23.7. The number of rotatable bonds is 5. The fraction of sp³-hybridized carbons (Fsp3) is 0.179. The van der Waals surface area contributed by atoms with Gasteiger partial charge in [-0.05, 0) is 73.7 Å². The number of carbonyl (C=O) groups excluding carboxylic acids is 2. The fourth-order valence-electron chi connectivity index (χ4n) is 4.49. The van der Waals surface area contributed by atoms with Gasteiger partial charge in [-0.25, -0.2) is 4.68 Å². The highest BCUT2D eigenvalue weighted by molar-refractivity contribution is 6.05. The van der Waals surface area contributed by atoms with E-state index in [1.807, 2.05) is 56.3 Å². The first-order valence-corrected chi connectivity index (χ1v) is 11.4. The predicted molar refractivity (Wildman–Crippen MR) is 133 cm³/mol. The summed E-state index contributed by atoms with van der Waals surface area (Å²) in [5.41, 5.74) is 7.32. The van der Waals surface area contributed by atoms with Gasteiger partial charge >= 0.3 is 0 Å².